The third kappa shape index (κ3) is 22.0. The van der Waals surface area contributed by atoms with E-state index in [4.69, 9.17) is 34.7 Å². The van der Waals surface area contributed by atoms with E-state index in [-0.39, 0.29) is 66.0 Å². The fourth-order valence-corrected chi connectivity index (χ4v) is 12.0. The molecule has 4 atom stereocenters. The summed E-state index contributed by atoms with van der Waals surface area (Å²) in [6.45, 7) is 33.5. The number of nitrogens with two attached hydrogens (primary N) is 2. The molecule has 0 aliphatic heterocycles. The first-order valence-corrected chi connectivity index (χ1v) is 24.2. The Morgan fingerprint density at radius 1 is 0.519 bits per heavy atom. The quantitative estimate of drug-likeness (QED) is 0.0372. The molecule has 0 aromatic rings. The number of carbonyl (C=O) groups is 2. The lowest BCUT2D eigenvalue weighted by Crippen LogP contribution is -2.46. The van der Waals surface area contributed by atoms with Gasteiger partial charge < -0.3 is 34.7 Å². The van der Waals surface area contributed by atoms with Gasteiger partial charge in [0.2, 0.25) is 0 Å². The van der Waals surface area contributed by atoms with Crippen molar-refractivity contribution >= 4 is 50.7 Å². The number of ether oxygens (including phenoxy) is 3. The second-order valence-corrected chi connectivity index (χ2v) is 20.4. The van der Waals surface area contributed by atoms with Crippen LogP contribution >= 0.6 is 40.4 Å². The highest BCUT2D eigenvalue weighted by Gasteiger charge is 2.38. The van der Waals surface area contributed by atoms with E-state index in [1.807, 2.05) is 0 Å². The summed E-state index contributed by atoms with van der Waals surface area (Å²) in [5, 5.41) is 0.0800. The monoisotopic (exact) mass is 847 g/mol. The predicted molar refractivity (Wildman–Crippen MR) is 232 cm³/mol. The van der Waals surface area contributed by atoms with Crippen molar-refractivity contribution in [2.24, 2.45) is 11.5 Å². The van der Waals surface area contributed by atoms with E-state index < -0.39 is 16.9 Å². The molecule has 0 amide bonds. The molecule has 17 heteroatoms. The molecule has 0 heterocycles. The summed E-state index contributed by atoms with van der Waals surface area (Å²) < 4.78 is 40.5. The molecule has 54 heavy (non-hydrogen) atoms. The van der Waals surface area contributed by atoms with Crippen LogP contribution in [0.4, 0.5) is 0 Å². The molecule has 0 saturated carbocycles. The smallest absolute Gasteiger partial charge is 0.192 e. The fourth-order valence-electron chi connectivity index (χ4n) is 6.16. The van der Waals surface area contributed by atoms with E-state index in [0.29, 0.717) is 57.2 Å². The molecular formula is C37H80N6O7P2S2. The Kier molecular flexibility index (Phi) is 31.7. The first-order valence-electron chi connectivity index (χ1n) is 19.9. The zero-order valence-corrected chi connectivity index (χ0v) is 39.7. The first kappa shape index (κ1) is 54.5. The van der Waals surface area contributed by atoms with Gasteiger partial charge in [0.15, 0.2) is 40.7 Å². The molecule has 0 rings (SSSR count). The minimum atomic E-state index is -1.17. The molecule has 0 aliphatic carbocycles. The molecule has 0 aromatic carbocycles. The van der Waals surface area contributed by atoms with Gasteiger partial charge in [0, 0.05) is 80.9 Å². The molecule has 0 fully saturated rings. The van der Waals surface area contributed by atoms with Gasteiger partial charge in [-0.15, -0.1) is 0 Å². The van der Waals surface area contributed by atoms with Crippen LogP contribution in [0.25, 0.3) is 0 Å². The highest BCUT2D eigenvalue weighted by Crippen LogP contribution is 2.53. The highest BCUT2D eigenvalue weighted by atomic mass is 32.2. The van der Waals surface area contributed by atoms with Gasteiger partial charge in [-0.25, -0.2) is 18.7 Å². The lowest BCUT2D eigenvalue weighted by Gasteiger charge is -2.48. The van der Waals surface area contributed by atoms with E-state index >= 15 is 0 Å². The normalized spacial score (nSPS) is 15.1. The van der Waals surface area contributed by atoms with Crippen LogP contribution in [0.5, 0.6) is 0 Å². The van der Waals surface area contributed by atoms with Crippen molar-refractivity contribution in [3.8, 4) is 0 Å². The van der Waals surface area contributed by atoms with Crippen molar-refractivity contribution in [3.05, 3.63) is 0 Å². The molecule has 0 aromatic heterocycles. The van der Waals surface area contributed by atoms with Crippen LogP contribution in [0.1, 0.15) is 129 Å². The standard InChI is InChI=1S/C37H80N6O7P2S2/c1-28(2)40(29(3)4)51(49-23-15-22-46-26-53-36(44)18-20-38)42(32(9)10)34(13)16-17-35(14)43(33(11)12)52(41(30(5)6)31(7)8)50-25-47-24-48-27-54-37(45)19-21-39/h28-35H,15-27,38-39H2,1-14H3. The van der Waals surface area contributed by atoms with Gasteiger partial charge in [-0.3, -0.25) is 9.59 Å². The Balaban J connectivity index is 5.87. The third-order valence-electron chi connectivity index (χ3n) is 8.23. The molecule has 0 radical (unpaired) electrons. The second kappa shape index (κ2) is 31.4. The Morgan fingerprint density at radius 2 is 0.907 bits per heavy atom. The molecule has 4 unspecified atom stereocenters. The summed E-state index contributed by atoms with van der Waals surface area (Å²) in [5.74, 6) is 0.572. The zero-order valence-electron chi connectivity index (χ0n) is 36.3. The number of hydrogen-bond donors (Lipinski definition) is 2. The van der Waals surface area contributed by atoms with Crippen molar-refractivity contribution in [1.82, 2.24) is 18.7 Å². The molecule has 0 saturated heterocycles. The van der Waals surface area contributed by atoms with Gasteiger partial charge in [-0.2, -0.15) is 0 Å². The molecule has 4 N–H and O–H groups in total. The lowest BCUT2D eigenvalue weighted by atomic mass is 10.1. The Morgan fingerprint density at radius 3 is 1.30 bits per heavy atom. The average Bonchev–Trinajstić information content (AvgIpc) is 3.05. The van der Waals surface area contributed by atoms with Gasteiger partial charge in [0.25, 0.3) is 0 Å². The SMILES string of the molecule is CC(C)N(C(C)C)P(OCCCOCSC(=O)CCN)N(C(C)C)C(C)CCC(C)N(C(C)C)P(OCOCOCSC(=O)CCN)N(C(C)C)C(C)C. The van der Waals surface area contributed by atoms with Crippen LogP contribution in [0.2, 0.25) is 0 Å². The van der Waals surface area contributed by atoms with E-state index in [1.165, 1.54) is 11.8 Å². The van der Waals surface area contributed by atoms with E-state index in [9.17, 15) is 9.59 Å². The predicted octanol–water partition coefficient (Wildman–Crippen LogP) is 8.18. The Hall–Kier alpha value is 0.460. The van der Waals surface area contributed by atoms with Crippen LogP contribution in [0.15, 0.2) is 0 Å². The topological polar surface area (TPSA) is 145 Å². The third-order valence-corrected chi connectivity index (χ3v) is 15.7. The summed E-state index contributed by atoms with van der Waals surface area (Å²) in [6.07, 6.45) is 3.43. The first-order chi connectivity index (χ1) is 25.4. The van der Waals surface area contributed by atoms with Crippen LogP contribution in [0, 0.1) is 0 Å². The molecule has 0 aliphatic rings. The van der Waals surface area contributed by atoms with Gasteiger partial charge in [-0.05, 0) is 116 Å². The zero-order chi connectivity index (χ0) is 41.4. The van der Waals surface area contributed by atoms with Gasteiger partial charge >= 0.3 is 0 Å². The van der Waals surface area contributed by atoms with Crippen molar-refractivity contribution < 1.29 is 32.8 Å². The lowest BCUT2D eigenvalue weighted by molar-refractivity contribution is -0.111. The average molecular weight is 847 g/mol. The van der Waals surface area contributed by atoms with Crippen LogP contribution in [0.3, 0.4) is 0 Å². The fraction of sp³-hybridized carbons (Fsp3) is 0.946. The van der Waals surface area contributed by atoms with E-state index in [1.54, 1.807) is 0 Å². The molecule has 0 spiro atoms. The van der Waals surface area contributed by atoms with Crippen molar-refractivity contribution in [2.45, 2.75) is 177 Å². The second-order valence-electron chi connectivity index (χ2n) is 15.1. The van der Waals surface area contributed by atoms with Crippen molar-refractivity contribution in [1.29, 1.82) is 0 Å². The Bertz CT molecular complexity index is 888. The maximum Gasteiger partial charge on any atom is 0.192 e. The summed E-state index contributed by atoms with van der Waals surface area (Å²) in [4.78, 5) is 23.5. The minimum Gasteiger partial charge on any atom is -0.370 e. The molecule has 13 nitrogen and oxygen atoms in total. The number of rotatable bonds is 33. The highest BCUT2D eigenvalue weighted by molar-refractivity contribution is 8.13. The maximum atomic E-state index is 11.8. The van der Waals surface area contributed by atoms with Crippen LogP contribution < -0.4 is 11.5 Å². The summed E-state index contributed by atoms with van der Waals surface area (Å²) >= 11 is 2.30. The van der Waals surface area contributed by atoms with E-state index in [0.717, 1.165) is 31.0 Å². The molecule has 0 bridgehead atoms. The van der Waals surface area contributed by atoms with E-state index in [2.05, 4.69) is 116 Å². The number of carbonyl (C=O) groups excluding carboxylic acids is 2. The van der Waals surface area contributed by atoms with Gasteiger partial charge in [0.05, 0.1) is 12.5 Å². The summed E-state index contributed by atoms with van der Waals surface area (Å²) in [7, 11) is -2.23. The van der Waals surface area contributed by atoms with Crippen LogP contribution in [-0.2, 0) is 32.8 Å². The Labute approximate surface area is 341 Å². The summed E-state index contributed by atoms with van der Waals surface area (Å²) in [6, 6.07) is 2.17. The molecular weight excluding hydrogens is 767 g/mol. The van der Waals surface area contributed by atoms with Gasteiger partial charge in [0.1, 0.15) is 5.94 Å². The number of nitrogens with zero attached hydrogens (tertiary/aromatic N) is 4. The van der Waals surface area contributed by atoms with Crippen molar-refractivity contribution in [3.63, 3.8) is 0 Å². The van der Waals surface area contributed by atoms with Crippen LogP contribution in [-0.4, -0.2) is 129 Å². The van der Waals surface area contributed by atoms with Crippen molar-refractivity contribution in [2.75, 3.05) is 51.8 Å². The number of hydrogen-bond acceptors (Lipinski definition) is 15. The van der Waals surface area contributed by atoms with Gasteiger partial charge in [-0.1, -0.05) is 23.5 Å². The number of thioether (sulfide) groups is 2. The maximum absolute atomic E-state index is 11.8. The molecule has 322 valence electrons. The minimum absolute atomic E-state index is 0.0150. The summed E-state index contributed by atoms with van der Waals surface area (Å²) in [5.41, 5.74) is 10.9. The largest absolute Gasteiger partial charge is 0.370 e.